The average molecular weight is 303 g/mol. The quantitative estimate of drug-likeness (QED) is 0.940. The number of nitrogens with zero attached hydrogens (tertiary/aromatic N) is 2. The Hall–Kier alpha value is -2.58. The average Bonchev–Trinajstić information content (AvgIpc) is 2.46. The number of aliphatic carboxylic acids is 1. The van der Waals surface area contributed by atoms with Crippen LogP contribution in [0.1, 0.15) is 12.0 Å². The van der Waals surface area contributed by atoms with Crippen molar-refractivity contribution in [3.63, 3.8) is 0 Å². The van der Waals surface area contributed by atoms with Crippen molar-refractivity contribution in [2.75, 3.05) is 0 Å². The molecule has 0 aliphatic heterocycles. The second kappa shape index (κ2) is 6.25. The molecule has 0 spiro atoms. The molecule has 1 N–H and O–H groups in total. The van der Waals surface area contributed by atoms with E-state index in [0.717, 1.165) is 5.56 Å². The van der Waals surface area contributed by atoms with Gasteiger partial charge in [0.15, 0.2) is 0 Å². The fraction of sp³-hybridized carbons (Fsp3) is 0.133. The standard InChI is InChI=1S/C15H11ClN2O3/c16-12-4-1-10(2-5-12)13-6-3-11(9-17)15(21)18(13)8-7-14(19)20/h1-6H,7-8H2,(H,19,20). The van der Waals surface area contributed by atoms with Crippen LogP contribution in [0.5, 0.6) is 0 Å². The van der Waals surface area contributed by atoms with Gasteiger partial charge in [0.2, 0.25) is 0 Å². The Morgan fingerprint density at radius 3 is 2.48 bits per heavy atom. The predicted octanol–water partition coefficient (Wildman–Crippen LogP) is 2.52. The van der Waals surface area contributed by atoms with Crippen molar-refractivity contribution in [2.24, 2.45) is 0 Å². The Balaban J connectivity index is 2.57. The van der Waals surface area contributed by atoms with Gasteiger partial charge in [0, 0.05) is 11.6 Å². The molecule has 6 heteroatoms. The van der Waals surface area contributed by atoms with Crippen molar-refractivity contribution in [2.45, 2.75) is 13.0 Å². The summed E-state index contributed by atoms with van der Waals surface area (Å²) in [5.74, 6) is -1.01. The zero-order chi connectivity index (χ0) is 15.4. The Bertz CT molecular complexity index is 773. The summed E-state index contributed by atoms with van der Waals surface area (Å²) in [6.07, 6.45) is -0.199. The lowest BCUT2D eigenvalue weighted by Crippen LogP contribution is -2.25. The maximum Gasteiger partial charge on any atom is 0.305 e. The van der Waals surface area contributed by atoms with Crippen LogP contribution in [0.15, 0.2) is 41.2 Å². The van der Waals surface area contributed by atoms with Crippen LogP contribution in [0, 0.1) is 11.3 Å². The minimum atomic E-state index is -1.01. The second-order valence-corrected chi connectivity index (χ2v) is 4.79. The third kappa shape index (κ3) is 3.30. The van der Waals surface area contributed by atoms with Gasteiger partial charge in [0.1, 0.15) is 11.6 Å². The first-order chi connectivity index (χ1) is 10.0. The van der Waals surface area contributed by atoms with Crippen molar-refractivity contribution in [3.8, 4) is 17.3 Å². The van der Waals surface area contributed by atoms with Gasteiger partial charge >= 0.3 is 5.97 Å². The molecule has 0 aliphatic rings. The Labute approximate surface area is 125 Å². The molecule has 1 heterocycles. The summed E-state index contributed by atoms with van der Waals surface area (Å²) in [6.45, 7) is 0.00163. The van der Waals surface area contributed by atoms with Gasteiger partial charge in [-0.3, -0.25) is 9.59 Å². The van der Waals surface area contributed by atoms with E-state index in [-0.39, 0.29) is 18.5 Å². The number of nitriles is 1. The molecule has 2 aromatic rings. The van der Waals surface area contributed by atoms with E-state index in [0.29, 0.717) is 10.7 Å². The molecule has 0 bridgehead atoms. The van der Waals surface area contributed by atoms with Crippen LogP contribution in [-0.4, -0.2) is 15.6 Å². The SMILES string of the molecule is N#Cc1ccc(-c2ccc(Cl)cc2)n(CCC(=O)O)c1=O. The highest BCUT2D eigenvalue weighted by atomic mass is 35.5. The highest BCUT2D eigenvalue weighted by molar-refractivity contribution is 6.30. The highest BCUT2D eigenvalue weighted by Crippen LogP contribution is 2.21. The number of pyridine rings is 1. The van der Waals surface area contributed by atoms with E-state index in [2.05, 4.69) is 0 Å². The molecule has 1 aromatic carbocycles. The number of hydrogen-bond acceptors (Lipinski definition) is 3. The number of carboxylic acids is 1. The van der Waals surface area contributed by atoms with Crippen LogP contribution in [0.4, 0.5) is 0 Å². The lowest BCUT2D eigenvalue weighted by Gasteiger charge is -2.12. The largest absolute Gasteiger partial charge is 0.481 e. The first-order valence-corrected chi connectivity index (χ1v) is 6.52. The van der Waals surface area contributed by atoms with Gasteiger partial charge in [-0.15, -0.1) is 0 Å². The highest BCUT2D eigenvalue weighted by Gasteiger charge is 2.11. The maximum atomic E-state index is 12.2. The lowest BCUT2D eigenvalue weighted by atomic mass is 10.1. The Morgan fingerprint density at radius 2 is 1.90 bits per heavy atom. The number of aromatic nitrogens is 1. The predicted molar refractivity (Wildman–Crippen MR) is 78.1 cm³/mol. The van der Waals surface area contributed by atoms with Crippen LogP contribution >= 0.6 is 11.6 Å². The third-order valence-corrected chi connectivity index (χ3v) is 3.24. The molecular formula is C15H11ClN2O3. The zero-order valence-electron chi connectivity index (χ0n) is 10.9. The third-order valence-electron chi connectivity index (χ3n) is 2.98. The normalized spacial score (nSPS) is 10.1. The van der Waals surface area contributed by atoms with E-state index in [1.54, 1.807) is 30.3 Å². The molecule has 0 amide bonds. The number of hydrogen-bond donors (Lipinski definition) is 1. The molecule has 2 rings (SSSR count). The molecule has 21 heavy (non-hydrogen) atoms. The maximum absolute atomic E-state index is 12.2. The summed E-state index contributed by atoms with van der Waals surface area (Å²) in [4.78, 5) is 22.9. The van der Waals surface area contributed by atoms with Crippen molar-refractivity contribution >= 4 is 17.6 Å². The van der Waals surface area contributed by atoms with E-state index in [9.17, 15) is 9.59 Å². The molecule has 0 radical (unpaired) electrons. The molecule has 0 fully saturated rings. The molecule has 0 saturated heterocycles. The fourth-order valence-electron chi connectivity index (χ4n) is 1.97. The first kappa shape index (κ1) is 14.8. The first-order valence-electron chi connectivity index (χ1n) is 6.14. The molecular weight excluding hydrogens is 292 g/mol. The van der Waals surface area contributed by atoms with Gasteiger partial charge in [-0.05, 0) is 29.8 Å². The minimum Gasteiger partial charge on any atom is -0.481 e. The molecule has 1 aromatic heterocycles. The van der Waals surface area contributed by atoms with Gasteiger partial charge in [-0.2, -0.15) is 5.26 Å². The van der Waals surface area contributed by atoms with E-state index in [4.69, 9.17) is 22.0 Å². The number of benzene rings is 1. The van der Waals surface area contributed by atoms with Crippen LogP contribution < -0.4 is 5.56 Å². The summed E-state index contributed by atoms with van der Waals surface area (Å²) in [7, 11) is 0. The molecule has 0 saturated carbocycles. The molecule has 5 nitrogen and oxygen atoms in total. The van der Waals surface area contributed by atoms with E-state index in [1.165, 1.54) is 10.6 Å². The van der Waals surface area contributed by atoms with Crippen molar-refractivity contribution < 1.29 is 9.90 Å². The summed E-state index contributed by atoms with van der Waals surface area (Å²) < 4.78 is 1.30. The van der Waals surface area contributed by atoms with Crippen molar-refractivity contribution in [1.82, 2.24) is 4.57 Å². The fourth-order valence-corrected chi connectivity index (χ4v) is 2.09. The topological polar surface area (TPSA) is 83.1 Å². The number of halogens is 1. The minimum absolute atomic E-state index is 0.00163. The van der Waals surface area contributed by atoms with Gasteiger partial charge < -0.3 is 9.67 Å². The smallest absolute Gasteiger partial charge is 0.305 e. The molecule has 0 atom stereocenters. The molecule has 0 aliphatic carbocycles. The Morgan fingerprint density at radius 1 is 1.24 bits per heavy atom. The van der Waals surface area contributed by atoms with Crippen LogP contribution in [0.3, 0.4) is 0 Å². The summed E-state index contributed by atoms with van der Waals surface area (Å²) >= 11 is 5.83. The van der Waals surface area contributed by atoms with Crippen LogP contribution in [0.2, 0.25) is 5.02 Å². The molecule has 0 unspecified atom stereocenters. The Kier molecular flexibility index (Phi) is 4.41. The zero-order valence-corrected chi connectivity index (χ0v) is 11.7. The van der Waals surface area contributed by atoms with Crippen LogP contribution in [0.25, 0.3) is 11.3 Å². The molecule has 106 valence electrons. The number of carboxylic acid groups (broad SMARTS) is 1. The van der Waals surface area contributed by atoms with Gasteiger partial charge in [-0.25, -0.2) is 0 Å². The summed E-state index contributed by atoms with van der Waals surface area (Å²) in [6, 6.07) is 11.7. The van der Waals surface area contributed by atoms with Crippen molar-refractivity contribution in [3.05, 3.63) is 57.3 Å². The van der Waals surface area contributed by atoms with Crippen molar-refractivity contribution in [1.29, 1.82) is 5.26 Å². The van der Waals surface area contributed by atoms with Gasteiger partial charge in [-0.1, -0.05) is 23.7 Å². The number of carbonyl (C=O) groups is 1. The second-order valence-electron chi connectivity index (χ2n) is 4.35. The monoisotopic (exact) mass is 302 g/mol. The van der Waals surface area contributed by atoms with E-state index < -0.39 is 11.5 Å². The van der Waals surface area contributed by atoms with Gasteiger partial charge in [0.25, 0.3) is 5.56 Å². The van der Waals surface area contributed by atoms with Crippen LogP contribution in [-0.2, 0) is 11.3 Å². The lowest BCUT2D eigenvalue weighted by molar-refractivity contribution is -0.137. The number of rotatable bonds is 4. The van der Waals surface area contributed by atoms with Gasteiger partial charge in [0.05, 0.1) is 12.1 Å². The summed E-state index contributed by atoms with van der Waals surface area (Å²) in [5, 5.41) is 18.3. The summed E-state index contributed by atoms with van der Waals surface area (Å²) in [5.41, 5.74) is 0.771. The van der Waals surface area contributed by atoms with E-state index in [1.807, 2.05) is 6.07 Å². The van der Waals surface area contributed by atoms with E-state index >= 15 is 0 Å².